The van der Waals surface area contributed by atoms with Crippen molar-refractivity contribution in [3.05, 3.63) is 106 Å². The summed E-state index contributed by atoms with van der Waals surface area (Å²) in [6.07, 6.45) is 3.27. The lowest BCUT2D eigenvalue weighted by Crippen LogP contribution is -2.48. The summed E-state index contributed by atoms with van der Waals surface area (Å²) in [4.78, 5) is 26.3. The van der Waals surface area contributed by atoms with Crippen LogP contribution in [0.15, 0.2) is 72.8 Å². The molecule has 2 amide bonds. The lowest BCUT2D eigenvalue weighted by molar-refractivity contribution is -0.123. The number of benzene rings is 3. The molecule has 3 rings (SSSR count). The molecule has 7 heteroatoms. The summed E-state index contributed by atoms with van der Waals surface area (Å²) < 4.78 is 14.0. The molecule has 0 aliphatic carbocycles. The van der Waals surface area contributed by atoms with Crippen LogP contribution in [0.2, 0.25) is 5.02 Å². The van der Waals surface area contributed by atoms with E-state index in [4.69, 9.17) is 11.6 Å². The molecule has 4 nitrogen and oxygen atoms in total. The molecule has 178 valence electrons. The van der Waals surface area contributed by atoms with Crippen molar-refractivity contribution in [2.45, 2.75) is 31.8 Å². The Bertz CT molecular complexity index is 1120. The van der Waals surface area contributed by atoms with E-state index in [-0.39, 0.29) is 11.7 Å². The molecule has 0 spiro atoms. The van der Waals surface area contributed by atoms with E-state index in [1.165, 1.54) is 12.1 Å². The Morgan fingerprint density at radius 3 is 2.35 bits per heavy atom. The Labute approximate surface area is 209 Å². The third-order valence-corrected chi connectivity index (χ3v) is 6.51. The smallest absolute Gasteiger partial charge is 0.253 e. The first-order chi connectivity index (χ1) is 16.4. The number of thioether (sulfide) groups is 1. The minimum Gasteiger partial charge on any atom is -0.343 e. The molecule has 0 saturated carbocycles. The number of rotatable bonds is 10. The lowest BCUT2D eigenvalue weighted by atomic mass is 9.96. The largest absolute Gasteiger partial charge is 0.343 e. The fourth-order valence-electron chi connectivity index (χ4n) is 3.62. The van der Waals surface area contributed by atoms with E-state index in [9.17, 15) is 14.0 Å². The highest BCUT2D eigenvalue weighted by Gasteiger charge is 2.26. The molecular weight excluding hydrogens is 471 g/mol. The maximum absolute atomic E-state index is 14.0. The van der Waals surface area contributed by atoms with Crippen LogP contribution >= 0.6 is 23.4 Å². The van der Waals surface area contributed by atoms with E-state index in [0.717, 1.165) is 17.5 Å². The van der Waals surface area contributed by atoms with E-state index < -0.39 is 18.0 Å². The van der Waals surface area contributed by atoms with Gasteiger partial charge in [-0.3, -0.25) is 9.59 Å². The summed E-state index contributed by atoms with van der Waals surface area (Å²) in [7, 11) is 0. The van der Waals surface area contributed by atoms with Gasteiger partial charge in [-0.1, -0.05) is 67.1 Å². The highest BCUT2D eigenvalue weighted by Crippen LogP contribution is 2.24. The van der Waals surface area contributed by atoms with Crippen molar-refractivity contribution < 1.29 is 14.0 Å². The van der Waals surface area contributed by atoms with Gasteiger partial charge in [0.25, 0.3) is 5.91 Å². The molecule has 3 aromatic carbocycles. The lowest BCUT2D eigenvalue weighted by Gasteiger charge is -2.24. The summed E-state index contributed by atoms with van der Waals surface area (Å²) in [5.74, 6) is -0.464. The van der Waals surface area contributed by atoms with E-state index >= 15 is 0 Å². The van der Waals surface area contributed by atoms with Crippen molar-refractivity contribution in [3.8, 4) is 0 Å². The molecule has 0 aliphatic heterocycles. The maximum atomic E-state index is 14.0. The van der Waals surface area contributed by atoms with Gasteiger partial charge < -0.3 is 10.6 Å². The van der Waals surface area contributed by atoms with Crippen LogP contribution in [0.4, 0.5) is 4.39 Å². The Kier molecular flexibility index (Phi) is 9.54. The zero-order valence-corrected chi connectivity index (χ0v) is 20.8. The normalized spacial score (nSPS) is 12.6. The number of nitrogens with one attached hydrogen (secondary N) is 2. The molecule has 34 heavy (non-hydrogen) atoms. The molecule has 0 heterocycles. The molecule has 3 aromatic rings. The molecule has 0 radical (unpaired) electrons. The number of carbonyl (C=O) groups excluding carboxylic acids is 2. The van der Waals surface area contributed by atoms with Crippen molar-refractivity contribution in [1.82, 2.24) is 10.6 Å². The Morgan fingerprint density at radius 2 is 1.71 bits per heavy atom. The van der Waals surface area contributed by atoms with E-state index in [2.05, 4.69) is 17.6 Å². The second-order valence-corrected chi connectivity index (χ2v) is 9.27. The van der Waals surface area contributed by atoms with Gasteiger partial charge in [0.1, 0.15) is 11.9 Å². The van der Waals surface area contributed by atoms with Crippen LogP contribution in [0.1, 0.15) is 46.4 Å². The third-order valence-electron chi connectivity index (χ3n) is 5.54. The van der Waals surface area contributed by atoms with Gasteiger partial charge in [0.15, 0.2) is 0 Å². The number of amides is 2. The van der Waals surface area contributed by atoms with Gasteiger partial charge in [-0.15, -0.1) is 0 Å². The van der Waals surface area contributed by atoms with Crippen LogP contribution in [0.5, 0.6) is 0 Å². The van der Waals surface area contributed by atoms with Crippen LogP contribution < -0.4 is 10.6 Å². The standard InChI is InChI=1S/C27H28ClFN2O2S/c1-3-18-11-13-19(14-12-18)25(20-7-6-8-21(29)17-20)31-27(33)24(15-16-34-2)30-26(32)22-9-4-5-10-23(22)28/h4-14,17,24-25H,3,15-16H2,1-2H3,(H,30,32)(H,31,33)/t24-,25+/m1/s1. The topological polar surface area (TPSA) is 58.2 Å². The zero-order valence-electron chi connectivity index (χ0n) is 19.2. The molecule has 2 atom stereocenters. The Hall–Kier alpha value is -2.83. The average molecular weight is 499 g/mol. The first-order valence-electron chi connectivity index (χ1n) is 11.1. The van der Waals surface area contributed by atoms with Crippen molar-refractivity contribution in [1.29, 1.82) is 0 Å². The molecule has 2 N–H and O–H groups in total. The SMILES string of the molecule is CCc1ccc([C@H](NC(=O)[C@@H](CCSC)NC(=O)c2ccccc2Cl)c2cccc(F)c2)cc1. The number of aryl methyl sites for hydroxylation is 1. The maximum Gasteiger partial charge on any atom is 0.253 e. The summed E-state index contributed by atoms with van der Waals surface area (Å²) in [6.45, 7) is 2.07. The van der Waals surface area contributed by atoms with Crippen LogP contribution in [0.25, 0.3) is 0 Å². The number of hydrogen-bond acceptors (Lipinski definition) is 3. The zero-order chi connectivity index (χ0) is 24.5. The molecule has 0 unspecified atom stereocenters. The van der Waals surface area contributed by atoms with Crippen molar-refractivity contribution in [3.63, 3.8) is 0 Å². The van der Waals surface area contributed by atoms with Gasteiger partial charge in [-0.25, -0.2) is 4.39 Å². The number of hydrogen-bond donors (Lipinski definition) is 2. The first-order valence-corrected chi connectivity index (χ1v) is 12.9. The van der Waals surface area contributed by atoms with Crippen LogP contribution in [-0.2, 0) is 11.2 Å². The first kappa shape index (κ1) is 25.8. The quantitative estimate of drug-likeness (QED) is 0.371. The Balaban J connectivity index is 1.87. The van der Waals surface area contributed by atoms with E-state index in [1.807, 2.05) is 30.5 Å². The summed E-state index contributed by atoms with van der Waals surface area (Å²) in [6, 6.07) is 19.4. The van der Waals surface area contributed by atoms with Crippen molar-refractivity contribution in [2.75, 3.05) is 12.0 Å². The number of halogens is 2. The Morgan fingerprint density at radius 1 is 0.971 bits per heavy atom. The number of carbonyl (C=O) groups is 2. The molecule has 0 bridgehead atoms. The van der Waals surface area contributed by atoms with Gasteiger partial charge >= 0.3 is 0 Å². The van der Waals surface area contributed by atoms with Crippen LogP contribution in [0, 0.1) is 5.82 Å². The fraction of sp³-hybridized carbons (Fsp3) is 0.259. The van der Waals surface area contributed by atoms with Gasteiger partial charge in [-0.05, 0) is 65.8 Å². The van der Waals surface area contributed by atoms with Gasteiger partial charge in [0, 0.05) is 0 Å². The predicted molar refractivity (Wildman–Crippen MR) is 138 cm³/mol. The second kappa shape index (κ2) is 12.6. The van der Waals surface area contributed by atoms with Crippen LogP contribution in [0.3, 0.4) is 0 Å². The average Bonchev–Trinajstić information content (AvgIpc) is 2.85. The second-order valence-electron chi connectivity index (χ2n) is 7.88. The van der Waals surface area contributed by atoms with E-state index in [0.29, 0.717) is 28.3 Å². The molecule has 0 saturated heterocycles. The van der Waals surface area contributed by atoms with Crippen molar-refractivity contribution in [2.24, 2.45) is 0 Å². The molecule has 0 aromatic heterocycles. The monoisotopic (exact) mass is 498 g/mol. The summed E-state index contributed by atoms with van der Waals surface area (Å²) in [5.41, 5.74) is 2.93. The summed E-state index contributed by atoms with van der Waals surface area (Å²) >= 11 is 7.75. The highest BCUT2D eigenvalue weighted by molar-refractivity contribution is 7.98. The van der Waals surface area contributed by atoms with E-state index in [1.54, 1.807) is 48.2 Å². The molecular formula is C27H28ClFN2O2S. The minimum absolute atomic E-state index is 0.308. The molecule has 0 fully saturated rings. The summed E-state index contributed by atoms with van der Waals surface area (Å²) in [5, 5.41) is 6.17. The highest BCUT2D eigenvalue weighted by atomic mass is 35.5. The molecule has 0 aliphatic rings. The van der Waals surface area contributed by atoms with Gasteiger partial charge in [-0.2, -0.15) is 11.8 Å². The predicted octanol–water partition coefficient (Wildman–Crippen LogP) is 5.80. The van der Waals surface area contributed by atoms with Crippen molar-refractivity contribution >= 4 is 35.2 Å². The third kappa shape index (κ3) is 6.84. The minimum atomic E-state index is -0.776. The fourth-order valence-corrected chi connectivity index (χ4v) is 4.31. The van der Waals surface area contributed by atoms with Crippen LogP contribution in [-0.4, -0.2) is 29.9 Å². The van der Waals surface area contributed by atoms with Gasteiger partial charge in [0.05, 0.1) is 16.6 Å². The van der Waals surface area contributed by atoms with Gasteiger partial charge in [0.2, 0.25) is 5.91 Å².